The largest absolute Gasteiger partial charge is 0.416 e. The topological polar surface area (TPSA) is 72.7 Å². The summed E-state index contributed by atoms with van der Waals surface area (Å²) in [5.74, 6) is 0.193. The molecule has 32 heavy (non-hydrogen) atoms. The Balaban J connectivity index is 1.60. The molecule has 164 valence electrons. The molecule has 0 aliphatic rings. The summed E-state index contributed by atoms with van der Waals surface area (Å²) in [6.07, 6.45) is -3.05. The zero-order chi connectivity index (χ0) is 23.0. The molecule has 4 aromatic rings. The Labute approximate surface area is 186 Å². The van der Waals surface area contributed by atoms with Crippen LogP contribution in [0.3, 0.4) is 0 Å². The molecule has 2 aromatic heterocycles. The lowest BCUT2D eigenvalue weighted by Crippen LogP contribution is -2.08. The number of halogens is 4. The zero-order valence-electron chi connectivity index (χ0n) is 17.0. The van der Waals surface area contributed by atoms with E-state index in [2.05, 4.69) is 20.4 Å². The average molecular weight is 460 g/mol. The van der Waals surface area contributed by atoms with Gasteiger partial charge in [-0.05, 0) is 41.8 Å². The molecule has 0 aliphatic heterocycles. The number of rotatable bonds is 5. The number of Topliss-reactive ketones (excluding diaryl/α,β-unsaturated/α-hetero) is 1. The van der Waals surface area contributed by atoms with Crippen LogP contribution in [0.15, 0.2) is 48.7 Å². The van der Waals surface area contributed by atoms with Gasteiger partial charge in [-0.1, -0.05) is 30.3 Å². The Morgan fingerprint density at radius 1 is 1.19 bits per heavy atom. The first kappa shape index (κ1) is 21.8. The number of aromatic nitrogens is 4. The third-order valence-electron chi connectivity index (χ3n) is 4.98. The summed E-state index contributed by atoms with van der Waals surface area (Å²) in [7, 11) is 1.72. The lowest BCUT2D eigenvalue weighted by molar-refractivity contribution is -0.137. The molecular weight excluding hydrogens is 443 g/mol. The van der Waals surface area contributed by atoms with Crippen LogP contribution in [0.5, 0.6) is 0 Å². The molecule has 0 saturated heterocycles. The lowest BCUT2D eigenvalue weighted by atomic mass is 9.99. The maximum Gasteiger partial charge on any atom is 0.416 e. The summed E-state index contributed by atoms with van der Waals surface area (Å²) < 4.78 is 40.4. The second-order valence-corrected chi connectivity index (χ2v) is 7.64. The Kier molecular flexibility index (Phi) is 5.60. The van der Waals surface area contributed by atoms with E-state index in [0.29, 0.717) is 33.7 Å². The van der Waals surface area contributed by atoms with Crippen molar-refractivity contribution in [2.75, 3.05) is 5.32 Å². The fraction of sp³-hybridized carbons (Fsp3) is 0.182. The van der Waals surface area contributed by atoms with Crippen molar-refractivity contribution in [3.8, 4) is 0 Å². The number of aryl methyl sites for hydroxylation is 2. The number of carbonyl (C=O) groups is 1. The molecule has 1 N–H and O–H groups in total. The number of anilines is 2. The molecule has 0 spiro atoms. The highest BCUT2D eigenvalue weighted by Gasteiger charge is 2.30. The van der Waals surface area contributed by atoms with Gasteiger partial charge in [-0.2, -0.15) is 23.3 Å². The average Bonchev–Trinajstić information content (AvgIpc) is 3.03. The van der Waals surface area contributed by atoms with Crippen LogP contribution in [0.4, 0.5) is 24.7 Å². The molecule has 0 bridgehead atoms. The maximum atomic E-state index is 13.0. The Morgan fingerprint density at radius 2 is 1.97 bits per heavy atom. The highest BCUT2D eigenvalue weighted by Crippen LogP contribution is 2.30. The number of carbonyl (C=O) groups excluding carboxylic acids is 1. The third-order valence-corrected chi connectivity index (χ3v) is 5.16. The molecular formula is C22H17ClF3N5O. The number of hydrogen-bond acceptors (Lipinski definition) is 5. The monoisotopic (exact) mass is 459 g/mol. The predicted molar refractivity (Wildman–Crippen MR) is 115 cm³/mol. The van der Waals surface area contributed by atoms with Crippen molar-refractivity contribution in [1.82, 2.24) is 19.7 Å². The number of benzene rings is 2. The summed E-state index contributed by atoms with van der Waals surface area (Å²) >= 11 is 5.86. The summed E-state index contributed by atoms with van der Waals surface area (Å²) in [5, 5.41) is 8.34. The zero-order valence-corrected chi connectivity index (χ0v) is 17.8. The van der Waals surface area contributed by atoms with E-state index in [0.717, 1.165) is 17.7 Å². The second kappa shape index (κ2) is 8.23. The summed E-state index contributed by atoms with van der Waals surface area (Å²) in [6.45, 7) is 1.86. The van der Waals surface area contributed by atoms with Crippen LogP contribution in [0, 0.1) is 6.92 Å². The van der Waals surface area contributed by atoms with E-state index in [9.17, 15) is 18.0 Å². The van der Waals surface area contributed by atoms with E-state index >= 15 is 0 Å². The van der Waals surface area contributed by atoms with Crippen LogP contribution in [0.2, 0.25) is 5.28 Å². The van der Waals surface area contributed by atoms with Crippen molar-refractivity contribution < 1.29 is 18.0 Å². The number of nitrogens with one attached hydrogen (secondary N) is 1. The van der Waals surface area contributed by atoms with Crippen molar-refractivity contribution >= 4 is 39.9 Å². The standard InChI is InChI=1S/C22H17ClF3N5O/c1-12-6-7-14(18(32)9-13-4-3-5-15(8-13)22(24,25)26)10-17(12)28-19-16-11-27-21(23)29-20(16)31(2)30-19/h3-8,10-11H,9H2,1-2H3,(H,28,30). The highest BCUT2D eigenvalue weighted by molar-refractivity contribution is 6.28. The molecule has 4 rings (SSSR count). The van der Waals surface area contributed by atoms with Crippen LogP contribution in [0.25, 0.3) is 11.0 Å². The van der Waals surface area contributed by atoms with Gasteiger partial charge in [-0.25, -0.2) is 9.67 Å². The first-order valence-electron chi connectivity index (χ1n) is 9.54. The Bertz CT molecular complexity index is 1330. The van der Waals surface area contributed by atoms with Crippen molar-refractivity contribution in [1.29, 1.82) is 0 Å². The van der Waals surface area contributed by atoms with E-state index in [4.69, 9.17) is 11.6 Å². The molecule has 0 amide bonds. The summed E-state index contributed by atoms with van der Waals surface area (Å²) in [6, 6.07) is 9.85. The van der Waals surface area contributed by atoms with Gasteiger partial charge in [0, 0.05) is 30.9 Å². The van der Waals surface area contributed by atoms with Gasteiger partial charge in [0.25, 0.3) is 0 Å². The quantitative estimate of drug-likeness (QED) is 0.314. The SMILES string of the molecule is Cc1ccc(C(=O)Cc2cccc(C(F)(F)F)c2)cc1Nc1nn(C)c2nc(Cl)ncc12. The van der Waals surface area contributed by atoms with E-state index in [1.54, 1.807) is 36.1 Å². The Hall–Kier alpha value is -3.46. The molecule has 2 aromatic carbocycles. The minimum Gasteiger partial charge on any atom is -0.338 e. The molecule has 0 fully saturated rings. The molecule has 10 heteroatoms. The van der Waals surface area contributed by atoms with Gasteiger partial charge < -0.3 is 5.32 Å². The summed E-state index contributed by atoms with van der Waals surface area (Å²) in [4.78, 5) is 20.9. The maximum absolute atomic E-state index is 13.0. The smallest absolute Gasteiger partial charge is 0.338 e. The van der Waals surface area contributed by atoms with Crippen molar-refractivity contribution in [3.05, 3.63) is 76.2 Å². The van der Waals surface area contributed by atoms with Gasteiger partial charge in [-0.3, -0.25) is 4.79 Å². The van der Waals surface area contributed by atoms with Crippen LogP contribution >= 0.6 is 11.6 Å². The van der Waals surface area contributed by atoms with E-state index < -0.39 is 11.7 Å². The fourth-order valence-corrected chi connectivity index (χ4v) is 3.44. The summed E-state index contributed by atoms with van der Waals surface area (Å²) in [5.41, 5.74) is 1.92. The minimum absolute atomic E-state index is 0.102. The van der Waals surface area contributed by atoms with Crippen molar-refractivity contribution in [2.45, 2.75) is 19.5 Å². The fourth-order valence-electron chi connectivity index (χ4n) is 3.31. The second-order valence-electron chi connectivity index (χ2n) is 7.30. The van der Waals surface area contributed by atoms with Crippen molar-refractivity contribution in [3.63, 3.8) is 0 Å². The molecule has 0 atom stereocenters. The molecule has 0 saturated carbocycles. The van der Waals surface area contributed by atoms with Crippen LogP contribution in [-0.4, -0.2) is 25.5 Å². The highest BCUT2D eigenvalue weighted by atomic mass is 35.5. The normalized spacial score (nSPS) is 11.7. The molecule has 0 radical (unpaired) electrons. The molecule has 2 heterocycles. The number of alkyl halides is 3. The van der Waals surface area contributed by atoms with Gasteiger partial charge in [-0.15, -0.1) is 0 Å². The number of nitrogens with zero attached hydrogens (tertiary/aromatic N) is 4. The minimum atomic E-state index is -4.46. The van der Waals surface area contributed by atoms with Crippen LogP contribution < -0.4 is 5.32 Å². The van der Waals surface area contributed by atoms with Gasteiger partial charge in [0.05, 0.1) is 10.9 Å². The lowest BCUT2D eigenvalue weighted by Gasteiger charge is -2.11. The first-order chi connectivity index (χ1) is 15.1. The van der Waals surface area contributed by atoms with Gasteiger partial charge in [0.1, 0.15) is 0 Å². The molecule has 0 aliphatic carbocycles. The van der Waals surface area contributed by atoms with Gasteiger partial charge in [0.2, 0.25) is 5.28 Å². The molecule has 0 unspecified atom stereocenters. The van der Waals surface area contributed by atoms with Gasteiger partial charge >= 0.3 is 6.18 Å². The van der Waals surface area contributed by atoms with E-state index in [1.165, 1.54) is 12.1 Å². The Morgan fingerprint density at radius 3 is 2.72 bits per heavy atom. The van der Waals surface area contributed by atoms with Crippen LogP contribution in [0.1, 0.15) is 27.0 Å². The van der Waals surface area contributed by atoms with E-state index in [1.807, 2.05) is 6.92 Å². The van der Waals surface area contributed by atoms with Gasteiger partial charge in [0.15, 0.2) is 17.2 Å². The number of fused-ring (bicyclic) bond motifs is 1. The third kappa shape index (κ3) is 4.43. The number of ketones is 1. The predicted octanol–water partition coefficient (Wildman–Crippen LogP) is 5.51. The van der Waals surface area contributed by atoms with Crippen molar-refractivity contribution in [2.24, 2.45) is 7.05 Å². The number of hydrogen-bond donors (Lipinski definition) is 1. The van der Waals surface area contributed by atoms with Crippen LogP contribution in [-0.2, 0) is 19.6 Å². The molecule has 6 nitrogen and oxygen atoms in total. The first-order valence-corrected chi connectivity index (χ1v) is 9.92. The van der Waals surface area contributed by atoms with E-state index in [-0.39, 0.29) is 17.5 Å².